The molecule has 2 aromatic heterocycles. The van der Waals surface area contributed by atoms with Crippen LogP contribution in [-0.2, 0) is 13.0 Å². The lowest BCUT2D eigenvalue weighted by Gasteiger charge is -2.33. The molecular weight excluding hydrogens is 369 g/mol. The van der Waals surface area contributed by atoms with Gasteiger partial charge in [-0.2, -0.15) is 4.52 Å². The fourth-order valence-corrected chi connectivity index (χ4v) is 3.99. The smallest absolute Gasteiger partial charge is 0.309 e. The topological polar surface area (TPSA) is 66.3 Å². The number of H-pyrrole nitrogens is 1. The maximum Gasteiger partial charge on any atom is 0.348 e. The molecule has 0 bridgehead atoms. The number of hydrogen-bond donors (Lipinski definition) is 1. The summed E-state index contributed by atoms with van der Waals surface area (Å²) in [6.45, 7) is 3.66. The number of aromatic nitrogens is 4. The van der Waals surface area contributed by atoms with Crippen molar-refractivity contribution in [3.8, 4) is 11.4 Å². The van der Waals surface area contributed by atoms with E-state index in [0.717, 1.165) is 24.2 Å². The number of nitrogens with zero attached hydrogens (tertiary/aromatic N) is 4. The average Bonchev–Trinajstić information content (AvgIpc) is 3.20. The van der Waals surface area contributed by atoms with Gasteiger partial charge in [0.1, 0.15) is 5.82 Å². The summed E-state index contributed by atoms with van der Waals surface area (Å²) in [5.74, 6) is -0.191. The van der Waals surface area contributed by atoms with Gasteiger partial charge in [0.25, 0.3) is 0 Å². The first-order valence-electron chi connectivity index (χ1n) is 9.66. The zero-order valence-electron chi connectivity index (χ0n) is 16.0. The van der Waals surface area contributed by atoms with Crippen LogP contribution in [-0.4, -0.2) is 31.0 Å². The molecule has 0 spiro atoms. The Morgan fingerprint density at radius 3 is 2.66 bits per heavy atom. The molecule has 0 fully saturated rings. The molecule has 1 aliphatic heterocycles. The minimum absolute atomic E-state index is 0.218. The van der Waals surface area contributed by atoms with E-state index >= 15 is 0 Å². The zero-order valence-corrected chi connectivity index (χ0v) is 16.0. The van der Waals surface area contributed by atoms with E-state index in [-0.39, 0.29) is 23.1 Å². The molecule has 3 heterocycles. The first-order valence-corrected chi connectivity index (χ1v) is 9.66. The third kappa shape index (κ3) is 3.03. The standard InChI is InChI=1S/C22H20FN5O/c1-14(15-7-3-2-4-8-15)27-12-11-19-17(13-27)21-25-20(26-28(21)22(29)24-19)16-9-5-6-10-18(16)23/h2-10,14H,11-13H2,1H3,(H,24,29). The molecule has 29 heavy (non-hydrogen) atoms. The maximum absolute atomic E-state index is 14.2. The number of benzene rings is 2. The van der Waals surface area contributed by atoms with E-state index < -0.39 is 5.82 Å². The molecule has 1 N–H and O–H groups in total. The van der Waals surface area contributed by atoms with E-state index in [2.05, 4.69) is 39.0 Å². The monoisotopic (exact) mass is 389 g/mol. The summed E-state index contributed by atoms with van der Waals surface area (Å²) in [5.41, 5.74) is 3.49. The van der Waals surface area contributed by atoms with Crippen molar-refractivity contribution in [2.24, 2.45) is 0 Å². The maximum atomic E-state index is 14.2. The van der Waals surface area contributed by atoms with Crippen molar-refractivity contribution in [3.63, 3.8) is 0 Å². The van der Waals surface area contributed by atoms with Gasteiger partial charge < -0.3 is 4.98 Å². The van der Waals surface area contributed by atoms with E-state index in [9.17, 15) is 9.18 Å². The summed E-state index contributed by atoms with van der Waals surface area (Å²) in [6, 6.07) is 16.9. The van der Waals surface area contributed by atoms with Crippen LogP contribution in [0.4, 0.5) is 4.39 Å². The Hall–Kier alpha value is -3.32. The molecule has 0 radical (unpaired) electrons. The number of aromatic amines is 1. The molecule has 0 amide bonds. The summed E-state index contributed by atoms with van der Waals surface area (Å²) in [5, 5.41) is 4.28. The molecule has 1 aliphatic rings. The second-order valence-corrected chi connectivity index (χ2v) is 7.35. The Kier molecular flexibility index (Phi) is 4.24. The Labute approximate surface area is 166 Å². The largest absolute Gasteiger partial charge is 0.348 e. The van der Waals surface area contributed by atoms with Crippen LogP contribution in [0.5, 0.6) is 0 Å². The molecule has 5 rings (SSSR count). The Morgan fingerprint density at radius 1 is 1.10 bits per heavy atom. The van der Waals surface area contributed by atoms with Gasteiger partial charge in [-0.25, -0.2) is 14.2 Å². The first-order chi connectivity index (χ1) is 14.1. The summed E-state index contributed by atoms with van der Waals surface area (Å²) >= 11 is 0. The van der Waals surface area contributed by atoms with E-state index in [1.807, 2.05) is 18.2 Å². The van der Waals surface area contributed by atoms with Crippen LogP contribution in [0.3, 0.4) is 0 Å². The number of nitrogens with one attached hydrogen (secondary N) is 1. The lowest BCUT2D eigenvalue weighted by molar-refractivity contribution is 0.191. The van der Waals surface area contributed by atoms with Gasteiger partial charge in [0.15, 0.2) is 11.5 Å². The van der Waals surface area contributed by atoms with Gasteiger partial charge in [-0.1, -0.05) is 42.5 Å². The van der Waals surface area contributed by atoms with E-state index in [1.165, 1.54) is 16.1 Å². The van der Waals surface area contributed by atoms with Crippen molar-refractivity contribution in [2.75, 3.05) is 6.54 Å². The summed E-state index contributed by atoms with van der Waals surface area (Å²) in [7, 11) is 0. The van der Waals surface area contributed by atoms with Gasteiger partial charge in [0.05, 0.1) is 5.56 Å². The fraction of sp³-hybridized carbons (Fsp3) is 0.227. The van der Waals surface area contributed by atoms with E-state index in [1.54, 1.807) is 18.2 Å². The van der Waals surface area contributed by atoms with Crippen LogP contribution in [0, 0.1) is 5.82 Å². The van der Waals surface area contributed by atoms with Gasteiger partial charge in [-0.15, -0.1) is 5.10 Å². The van der Waals surface area contributed by atoms with Crippen LogP contribution < -0.4 is 5.69 Å². The predicted octanol–water partition coefficient (Wildman–Crippen LogP) is 3.34. The molecule has 0 saturated heterocycles. The van der Waals surface area contributed by atoms with Gasteiger partial charge in [0.2, 0.25) is 0 Å². The molecule has 1 atom stereocenters. The first kappa shape index (κ1) is 17.8. The highest BCUT2D eigenvalue weighted by atomic mass is 19.1. The van der Waals surface area contributed by atoms with Crippen LogP contribution >= 0.6 is 0 Å². The molecule has 7 heteroatoms. The second kappa shape index (κ2) is 6.93. The van der Waals surface area contributed by atoms with Crippen molar-refractivity contribution in [2.45, 2.75) is 25.9 Å². The minimum Gasteiger partial charge on any atom is -0.309 e. The SMILES string of the molecule is CC(c1ccccc1)N1CCc2[nH]c(=O)n3nc(-c4ccccc4F)nc3c2C1. The van der Waals surface area contributed by atoms with Gasteiger partial charge >= 0.3 is 5.69 Å². The lowest BCUT2D eigenvalue weighted by atomic mass is 10.0. The summed E-state index contributed by atoms with van der Waals surface area (Å²) in [6.07, 6.45) is 0.722. The second-order valence-electron chi connectivity index (χ2n) is 7.35. The molecule has 2 aromatic carbocycles. The number of rotatable bonds is 3. The van der Waals surface area contributed by atoms with Crippen LogP contribution in [0.15, 0.2) is 59.4 Å². The minimum atomic E-state index is -0.409. The predicted molar refractivity (Wildman–Crippen MR) is 108 cm³/mol. The fourth-order valence-electron chi connectivity index (χ4n) is 3.99. The van der Waals surface area contributed by atoms with Crippen molar-refractivity contribution >= 4 is 5.65 Å². The van der Waals surface area contributed by atoms with Gasteiger partial charge in [-0.3, -0.25) is 4.90 Å². The van der Waals surface area contributed by atoms with Crippen molar-refractivity contribution in [1.82, 2.24) is 24.5 Å². The van der Waals surface area contributed by atoms with Crippen LogP contribution in [0.2, 0.25) is 0 Å². The van der Waals surface area contributed by atoms with Crippen molar-refractivity contribution < 1.29 is 4.39 Å². The third-order valence-electron chi connectivity index (χ3n) is 5.65. The number of halogens is 1. The highest BCUT2D eigenvalue weighted by Gasteiger charge is 2.26. The van der Waals surface area contributed by atoms with E-state index in [0.29, 0.717) is 12.2 Å². The molecule has 1 unspecified atom stereocenters. The Balaban J connectivity index is 1.58. The van der Waals surface area contributed by atoms with Gasteiger partial charge in [-0.05, 0) is 24.6 Å². The molecule has 6 nitrogen and oxygen atoms in total. The van der Waals surface area contributed by atoms with Crippen molar-refractivity contribution in [3.05, 3.63) is 87.7 Å². The number of hydrogen-bond acceptors (Lipinski definition) is 4. The molecule has 0 aliphatic carbocycles. The number of fused-ring (bicyclic) bond motifs is 3. The molecule has 4 aromatic rings. The van der Waals surface area contributed by atoms with Crippen LogP contribution in [0.1, 0.15) is 29.8 Å². The zero-order chi connectivity index (χ0) is 20.0. The normalized spacial score (nSPS) is 15.4. The third-order valence-corrected chi connectivity index (χ3v) is 5.65. The Bertz CT molecular complexity index is 1250. The average molecular weight is 389 g/mol. The van der Waals surface area contributed by atoms with Crippen molar-refractivity contribution in [1.29, 1.82) is 0 Å². The van der Waals surface area contributed by atoms with Gasteiger partial charge in [0, 0.05) is 36.8 Å². The summed E-state index contributed by atoms with van der Waals surface area (Å²) in [4.78, 5) is 22.4. The Morgan fingerprint density at radius 2 is 1.86 bits per heavy atom. The molecule has 146 valence electrons. The summed E-state index contributed by atoms with van der Waals surface area (Å²) < 4.78 is 15.5. The quantitative estimate of drug-likeness (QED) is 0.584. The highest BCUT2D eigenvalue weighted by Crippen LogP contribution is 2.29. The lowest BCUT2D eigenvalue weighted by Crippen LogP contribution is -2.36. The van der Waals surface area contributed by atoms with E-state index in [4.69, 9.17) is 0 Å². The molecular formula is C22H20FN5O. The van der Waals surface area contributed by atoms with Crippen LogP contribution in [0.25, 0.3) is 17.0 Å². The highest BCUT2D eigenvalue weighted by molar-refractivity contribution is 5.61. The molecule has 0 saturated carbocycles.